The van der Waals surface area contributed by atoms with Crippen molar-refractivity contribution in [3.8, 4) is 0 Å². The van der Waals surface area contributed by atoms with Crippen molar-refractivity contribution < 1.29 is 20.3 Å². The highest BCUT2D eigenvalue weighted by Gasteiger charge is 1.97. The first-order chi connectivity index (χ1) is 7.00. The highest BCUT2D eigenvalue weighted by atomic mass is 16.8. The molecule has 0 amide bonds. The van der Waals surface area contributed by atoms with Gasteiger partial charge < -0.3 is 9.90 Å². The zero-order chi connectivity index (χ0) is 11.4. The van der Waals surface area contributed by atoms with E-state index in [9.17, 15) is 9.90 Å². The van der Waals surface area contributed by atoms with E-state index in [1.54, 1.807) is 12.1 Å². The van der Waals surface area contributed by atoms with Crippen LogP contribution in [0, 0.1) is 0 Å². The molecular formula is C10H10NO4-. The molecule has 80 valence electrons. The fourth-order valence-electron chi connectivity index (χ4n) is 1.01. The van der Waals surface area contributed by atoms with Crippen molar-refractivity contribution in [2.45, 2.75) is 6.92 Å². The molecule has 1 aromatic rings. The molecule has 5 heteroatoms. The van der Waals surface area contributed by atoms with Crippen LogP contribution in [0.2, 0.25) is 0 Å². The van der Waals surface area contributed by atoms with E-state index in [-0.39, 0.29) is 16.5 Å². The van der Waals surface area contributed by atoms with Crippen molar-refractivity contribution >= 4 is 17.7 Å². The van der Waals surface area contributed by atoms with Gasteiger partial charge in [0.15, 0.2) is 0 Å². The third kappa shape index (κ3) is 3.08. The van der Waals surface area contributed by atoms with Gasteiger partial charge in [0.1, 0.15) is 0 Å². The summed E-state index contributed by atoms with van der Waals surface area (Å²) in [5.41, 5.74) is 0.938. The van der Waals surface area contributed by atoms with Crippen molar-refractivity contribution in [2.24, 2.45) is 0 Å². The Bertz CT molecular complexity index is 381. The Kier molecular flexibility index (Phi) is 3.43. The van der Waals surface area contributed by atoms with Crippen LogP contribution in [0.1, 0.15) is 12.5 Å². The van der Waals surface area contributed by atoms with E-state index in [1.165, 1.54) is 25.1 Å². The van der Waals surface area contributed by atoms with E-state index in [4.69, 9.17) is 10.4 Å². The first kappa shape index (κ1) is 11.2. The summed E-state index contributed by atoms with van der Waals surface area (Å²) in [5, 5.41) is 27.7. The number of hydrogen-bond donors (Lipinski definition) is 2. The van der Waals surface area contributed by atoms with Crippen LogP contribution in [0.25, 0.3) is 6.08 Å². The summed E-state index contributed by atoms with van der Waals surface area (Å²) in [7, 11) is 0. The number of aliphatic carboxylic acids is 1. The summed E-state index contributed by atoms with van der Waals surface area (Å²) >= 11 is 0. The van der Waals surface area contributed by atoms with Crippen LogP contribution >= 0.6 is 0 Å². The first-order valence-electron chi connectivity index (χ1n) is 4.18. The number of hydrogen-bond acceptors (Lipinski definition) is 5. The van der Waals surface area contributed by atoms with Gasteiger partial charge in [0.25, 0.3) is 0 Å². The molecule has 0 aliphatic rings. The Balaban J connectivity index is 2.90. The Labute approximate surface area is 86.4 Å². The number of carbonyl (C=O) groups excluding carboxylic acids is 1. The summed E-state index contributed by atoms with van der Waals surface area (Å²) in [5.74, 6) is -1.23. The first-order valence-corrected chi connectivity index (χ1v) is 4.18. The molecule has 0 aliphatic heterocycles. The van der Waals surface area contributed by atoms with E-state index in [2.05, 4.69) is 0 Å². The van der Waals surface area contributed by atoms with Crippen molar-refractivity contribution in [2.75, 3.05) is 5.23 Å². The second-order valence-electron chi connectivity index (χ2n) is 3.00. The molecule has 2 N–H and O–H groups in total. The lowest BCUT2D eigenvalue weighted by atomic mass is 10.1. The molecule has 0 unspecified atom stereocenters. The number of carboxylic acids is 1. The fraction of sp³-hybridized carbons (Fsp3) is 0.100. The highest BCUT2D eigenvalue weighted by Crippen LogP contribution is 2.13. The third-order valence-corrected chi connectivity index (χ3v) is 1.83. The van der Waals surface area contributed by atoms with Crippen LogP contribution in [-0.4, -0.2) is 16.4 Å². The van der Waals surface area contributed by atoms with Gasteiger partial charge in [-0.3, -0.25) is 10.4 Å². The van der Waals surface area contributed by atoms with Crippen LogP contribution in [-0.2, 0) is 4.79 Å². The van der Waals surface area contributed by atoms with Crippen molar-refractivity contribution in [3.05, 3.63) is 35.4 Å². The Hall–Kier alpha value is -1.85. The predicted octanol–water partition coefficient (Wildman–Crippen LogP) is 0.425. The average Bonchev–Trinajstić information content (AvgIpc) is 2.18. The monoisotopic (exact) mass is 208 g/mol. The van der Waals surface area contributed by atoms with Crippen molar-refractivity contribution in [3.63, 3.8) is 0 Å². The van der Waals surface area contributed by atoms with Crippen LogP contribution < -0.4 is 10.3 Å². The SMILES string of the molecule is C/C(=C\c1ccc(N(O)O)cc1)C(=O)[O-]. The van der Waals surface area contributed by atoms with E-state index in [1.807, 2.05) is 0 Å². The van der Waals surface area contributed by atoms with Crippen LogP contribution in [0.4, 0.5) is 5.69 Å². The number of nitrogens with zero attached hydrogens (tertiary/aromatic N) is 1. The van der Waals surface area contributed by atoms with Crippen LogP contribution in [0.3, 0.4) is 0 Å². The van der Waals surface area contributed by atoms with E-state index in [0.29, 0.717) is 5.56 Å². The molecule has 0 bridgehead atoms. The molecule has 0 spiro atoms. The second kappa shape index (κ2) is 4.59. The smallest absolute Gasteiger partial charge is 0.0943 e. The lowest BCUT2D eigenvalue weighted by Gasteiger charge is -2.07. The molecular weight excluding hydrogens is 198 g/mol. The molecule has 0 fully saturated rings. The number of rotatable bonds is 3. The molecule has 1 rings (SSSR count). The molecule has 1 aromatic carbocycles. The molecule has 0 aliphatic carbocycles. The number of anilines is 1. The standard InChI is InChI=1S/C10H11NO4/c1-7(10(12)13)6-8-2-4-9(5-3-8)11(14)15/h2-6,14-15H,1H3,(H,12,13)/p-1/b7-6+. The molecule has 15 heavy (non-hydrogen) atoms. The molecule has 0 aromatic heterocycles. The Morgan fingerprint density at radius 3 is 2.27 bits per heavy atom. The summed E-state index contributed by atoms with van der Waals surface area (Å²) in [6.45, 7) is 1.42. The Morgan fingerprint density at radius 2 is 1.87 bits per heavy atom. The van der Waals surface area contributed by atoms with Gasteiger partial charge in [0, 0.05) is 0 Å². The maximum absolute atomic E-state index is 10.4. The van der Waals surface area contributed by atoms with Gasteiger partial charge in [-0.2, -0.15) is 0 Å². The van der Waals surface area contributed by atoms with Crippen LogP contribution in [0.5, 0.6) is 0 Å². The fourth-order valence-corrected chi connectivity index (χ4v) is 1.01. The summed E-state index contributed by atoms with van der Waals surface area (Å²) in [6.07, 6.45) is 1.43. The topological polar surface area (TPSA) is 83.8 Å². The van der Waals surface area contributed by atoms with Gasteiger partial charge in [-0.25, -0.2) is 0 Å². The minimum atomic E-state index is -1.23. The van der Waals surface area contributed by atoms with Crippen molar-refractivity contribution in [1.29, 1.82) is 0 Å². The molecule has 0 saturated heterocycles. The van der Waals surface area contributed by atoms with Gasteiger partial charge in [-0.15, -0.1) is 5.23 Å². The second-order valence-corrected chi connectivity index (χ2v) is 3.00. The van der Waals surface area contributed by atoms with Gasteiger partial charge in [-0.05, 0) is 30.2 Å². The Morgan fingerprint density at radius 1 is 1.33 bits per heavy atom. The quantitative estimate of drug-likeness (QED) is 0.555. The van der Waals surface area contributed by atoms with E-state index >= 15 is 0 Å². The van der Waals surface area contributed by atoms with Gasteiger partial charge in [0.2, 0.25) is 0 Å². The number of carbonyl (C=O) groups is 1. The van der Waals surface area contributed by atoms with Gasteiger partial charge >= 0.3 is 0 Å². The molecule has 5 nitrogen and oxygen atoms in total. The molecule has 0 saturated carbocycles. The zero-order valence-electron chi connectivity index (χ0n) is 8.04. The molecule has 0 radical (unpaired) electrons. The summed E-state index contributed by atoms with van der Waals surface area (Å²) < 4.78 is 0. The largest absolute Gasteiger partial charge is 0.545 e. The van der Waals surface area contributed by atoms with Gasteiger partial charge in [0.05, 0.1) is 11.7 Å². The lowest BCUT2D eigenvalue weighted by Crippen LogP contribution is -2.22. The van der Waals surface area contributed by atoms with Gasteiger partial charge in [-0.1, -0.05) is 18.2 Å². The summed E-state index contributed by atoms with van der Waals surface area (Å²) in [6, 6.07) is 5.99. The number of carboxylic acid groups (broad SMARTS) is 1. The zero-order valence-corrected chi connectivity index (χ0v) is 8.04. The third-order valence-electron chi connectivity index (χ3n) is 1.83. The minimum absolute atomic E-state index is 0.0148. The maximum Gasteiger partial charge on any atom is 0.0943 e. The highest BCUT2D eigenvalue weighted by molar-refractivity contribution is 5.89. The minimum Gasteiger partial charge on any atom is -0.545 e. The predicted molar refractivity (Wildman–Crippen MR) is 51.2 cm³/mol. The normalized spacial score (nSPS) is 11.3. The maximum atomic E-state index is 10.4. The molecule has 0 heterocycles. The van der Waals surface area contributed by atoms with Crippen molar-refractivity contribution in [1.82, 2.24) is 0 Å². The average molecular weight is 208 g/mol. The summed E-state index contributed by atoms with van der Waals surface area (Å²) in [4.78, 5) is 10.4. The molecule has 0 atom stereocenters. The lowest BCUT2D eigenvalue weighted by molar-refractivity contribution is -0.299. The van der Waals surface area contributed by atoms with E-state index < -0.39 is 5.97 Å². The van der Waals surface area contributed by atoms with Crippen LogP contribution in [0.15, 0.2) is 29.8 Å². The van der Waals surface area contributed by atoms with E-state index in [0.717, 1.165) is 0 Å². The number of benzene rings is 1.